The van der Waals surface area contributed by atoms with Crippen molar-refractivity contribution in [2.45, 2.75) is 23.8 Å². The number of nitrogens with zero attached hydrogens (tertiary/aromatic N) is 3. The van der Waals surface area contributed by atoms with Crippen LogP contribution < -0.4 is 9.80 Å². The largest absolute Gasteiger partial charge is 0.371 e. The lowest BCUT2D eigenvalue weighted by molar-refractivity contribution is -0.385. The molecule has 0 N–H and O–H groups in total. The molecular formula is C19H23N3O4S. The molecule has 1 saturated heterocycles. The van der Waals surface area contributed by atoms with Crippen LogP contribution in [-0.4, -0.2) is 45.8 Å². The van der Waals surface area contributed by atoms with Gasteiger partial charge in [-0.2, -0.15) is 0 Å². The summed E-state index contributed by atoms with van der Waals surface area (Å²) in [6.45, 7) is 1.39. The molecule has 0 unspecified atom stereocenters. The number of piperidine rings is 1. The van der Waals surface area contributed by atoms with Crippen LogP contribution in [0.4, 0.5) is 17.1 Å². The summed E-state index contributed by atoms with van der Waals surface area (Å²) >= 11 is 0. The topological polar surface area (TPSA) is 83.8 Å². The van der Waals surface area contributed by atoms with E-state index in [0.717, 1.165) is 30.9 Å². The van der Waals surface area contributed by atoms with Gasteiger partial charge in [-0.25, -0.2) is 8.42 Å². The number of sulfone groups is 1. The second kappa shape index (κ2) is 7.56. The summed E-state index contributed by atoms with van der Waals surface area (Å²) < 4.78 is 24.3. The molecule has 1 fully saturated rings. The van der Waals surface area contributed by atoms with E-state index in [1.54, 1.807) is 6.07 Å². The summed E-state index contributed by atoms with van der Waals surface area (Å²) in [7, 11) is -1.50. The monoisotopic (exact) mass is 389 g/mol. The van der Waals surface area contributed by atoms with E-state index in [-0.39, 0.29) is 10.6 Å². The number of nitro benzene ring substituents is 1. The first-order chi connectivity index (χ1) is 12.8. The summed E-state index contributed by atoms with van der Waals surface area (Å²) in [6, 6.07) is 14.6. The van der Waals surface area contributed by atoms with Crippen LogP contribution in [0.3, 0.4) is 0 Å². The van der Waals surface area contributed by atoms with Crippen molar-refractivity contribution in [1.29, 1.82) is 0 Å². The van der Waals surface area contributed by atoms with Gasteiger partial charge in [0.15, 0.2) is 9.84 Å². The third kappa shape index (κ3) is 4.21. The van der Waals surface area contributed by atoms with Crippen molar-refractivity contribution in [3.05, 3.63) is 58.6 Å². The lowest BCUT2D eigenvalue weighted by atomic mass is 10.0. The SMILES string of the molecule is CN(c1ccccc1)C1CCN(c2ccc([N+](=O)[O-])cc2S(C)(=O)=O)CC1. The minimum Gasteiger partial charge on any atom is -0.371 e. The van der Waals surface area contributed by atoms with E-state index in [0.29, 0.717) is 24.8 Å². The van der Waals surface area contributed by atoms with Gasteiger partial charge < -0.3 is 9.80 Å². The van der Waals surface area contributed by atoms with E-state index >= 15 is 0 Å². The molecular weight excluding hydrogens is 366 g/mol. The number of hydrogen-bond acceptors (Lipinski definition) is 6. The highest BCUT2D eigenvalue weighted by molar-refractivity contribution is 7.90. The van der Waals surface area contributed by atoms with E-state index < -0.39 is 14.8 Å². The fraction of sp³-hybridized carbons (Fsp3) is 0.368. The van der Waals surface area contributed by atoms with Gasteiger partial charge >= 0.3 is 0 Å². The third-order valence-corrected chi connectivity index (χ3v) is 6.20. The van der Waals surface area contributed by atoms with Crippen LogP contribution in [0, 0.1) is 10.1 Å². The highest BCUT2D eigenvalue weighted by Gasteiger charge is 2.27. The van der Waals surface area contributed by atoms with Gasteiger partial charge in [0.25, 0.3) is 5.69 Å². The first kappa shape index (κ1) is 19.2. The first-order valence-electron chi connectivity index (χ1n) is 8.78. The minimum absolute atomic E-state index is 0.0200. The van der Waals surface area contributed by atoms with Crippen molar-refractivity contribution in [2.24, 2.45) is 0 Å². The predicted octanol–water partition coefficient (Wildman–Crippen LogP) is 3.10. The van der Waals surface area contributed by atoms with E-state index in [4.69, 9.17) is 0 Å². The average Bonchev–Trinajstić information content (AvgIpc) is 2.67. The third-order valence-electron chi connectivity index (χ3n) is 5.07. The zero-order valence-electron chi connectivity index (χ0n) is 15.4. The highest BCUT2D eigenvalue weighted by atomic mass is 32.2. The number of para-hydroxylation sites is 1. The van der Waals surface area contributed by atoms with Crippen LogP contribution in [0.25, 0.3) is 0 Å². The Hall–Kier alpha value is -2.61. The first-order valence-corrected chi connectivity index (χ1v) is 10.7. The fourth-order valence-corrected chi connectivity index (χ4v) is 4.45. The summed E-state index contributed by atoms with van der Waals surface area (Å²) in [6.07, 6.45) is 2.85. The van der Waals surface area contributed by atoms with Gasteiger partial charge in [0.05, 0.1) is 15.5 Å². The molecule has 1 aliphatic heterocycles. The number of non-ortho nitro benzene ring substituents is 1. The Morgan fingerprint density at radius 1 is 1.11 bits per heavy atom. The Morgan fingerprint density at radius 2 is 1.74 bits per heavy atom. The van der Waals surface area contributed by atoms with Crippen molar-refractivity contribution in [1.82, 2.24) is 0 Å². The van der Waals surface area contributed by atoms with Crippen molar-refractivity contribution >= 4 is 26.9 Å². The van der Waals surface area contributed by atoms with Crippen LogP contribution in [0.15, 0.2) is 53.4 Å². The van der Waals surface area contributed by atoms with Crippen molar-refractivity contribution < 1.29 is 13.3 Å². The molecule has 1 aliphatic rings. The summed E-state index contributed by atoms with van der Waals surface area (Å²) in [5.74, 6) is 0. The van der Waals surface area contributed by atoms with Crippen LogP contribution in [0.2, 0.25) is 0 Å². The highest BCUT2D eigenvalue weighted by Crippen LogP contribution is 2.32. The van der Waals surface area contributed by atoms with E-state index in [9.17, 15) is 18.5 Å². The molecule has 0 aliphatic carbocycles. The maximum atomic E-state index is 12.2. The van der Waals surface area contributed by atoms with Crippen LogP contribution in [0.5, 0.6) is 0 Å². The maximum Gasteiger partial charge on any atom is 0.270 e. The van der Waals surface area contributed by atoms with Crippen molar-refractivity contribution in [3.63, 3.8) is 0 Å². The summed E-state index contributed by atoms with van der Waals surface area (Å²) in [4.78, 5) is 14.7. The molecule has 3 rings (SSSR count). The number of benzene rings is 2. The molecule has 2 aromatic carbocycles. The Bertz CT molecular complexity index is 923. The van der Waals surface area contributed by atoms with Crippen molar-refractivity contribution in [2.75, 3.05) is 36.2 Å². The van der Waals surface area contributed by atoms with Crippen LogP contribution in [0.1, 0.15) is 12.8 Å². The van der Waals surface area contributed by atoms with Gasteiger partial charge in [0.1, 0.15) is 0 Å². The van der Waals surface area contributed by atoms with Gasteiger partial charge in [-0.05, 0) is 31.0 Å². The molecule has 1 heterocycles. The average molecular weight is 389 g/mol. The normalized spacial score (nSPS) is 15.6. The molecule has 0 aromatic heterocycles. The smallest absolute Gasteiger partial charge is 0.270 e. The molecule has 0 radical (unpaired) electrons. The van der Waals surface area contributed by atoms with Gasteiger partial charge in [0, 0.05) is 50.3 Å². The molecule has 0 bridgehead atoms. The lowest BCUT2D eigenvalue weighted by Crippen LogP contribution is -2.43. The molecule has 2 aromatic rings. The zero-order chi connectivity index (χ0) is 19.6. The number of rotatable bonds is 5. The standard InChI is InChI=1S/C19H23N3O4S/c1-20(15-6-4-3-5-7-15)16-10-12-21(13-11-16)18-9-8-17(22(23)24)14-19(18)27(2,25)26/h3-9,14,16H,10-13H2,1-2H3. The molecule has 27 heavy (non-hydrogen) atoms. The summed E-state index contributed by atoms with van der Waals surface area (Å²) in [5, 5.41) is 11.0. The number of nitro groups is 1. The molecule has 7 nitrogen and oxygen atoms in total. The Balaban J connectivity index is 1.79. The Morgan fingerprint density at radius 3 is 2.30 bits per heavy atom. The maximum absolute atomic E-state index is 12.2. The Labute approximate surface area is 159 Å². The van der Waals surface area contributed by atoms with Crippen LogP contribution >= 0.6 is 0 Å². The van der Waals surface area contributed by atoms with E-state index in [1.807, 2.05) is 23.1 Å². The molecule has 0 saturated carbocycles. The minimum atomic E-state index is -3.57. The fourth-order valence-electron chi connectivity index (χ4n) is 3.54. The number of anilines is 2. The predicted molar refractivity (Wildman–Crippen MR) is 106 cm³/mol. The second-order valence-electron chi connectivity index (χ2n) is 6.85. The van der Waals surface area contributed by atoms with Gasteiger partial charge in [-0.3, -0.25) is 10.1 Å². The van der Waals surface area contributed by atoms with Gasteiger partial charge in [-0.1, -0.05) is 18.2 Å². The molecule has 8 heteroatoms. The molecule has 0 atom stereocenters. The van der Waals surface area contributed by atoms with E-state index in [1.165, 1.54) is 6.07 Å². The van der Waals surface area contributed by atoms with E-state index in [2.05, 4.69) is 24.1 Å². The van der Waals surface area contributed by atoms with Gasteiger partial charge in [-0.15, -0.1) is 0 Å². The quantitative estimate of drug-likeness (QED) is 0.577. The van der Waals surface area contributed by atoms with Crippen LogP contribution in [-0.2, 0) is 9.84 Å². The van der Waals surface area contributed by atoms with Crippen molar-refractivity contribution in [3.8, 4) is 0 Å². The zero-order valence-corrected chi connectivity index (χ0v) is 16.2. The Kier molecular flexibility index (Phi) is 5.36. The molecule has 0 spiro atoms. The number of hydrogen-bond donors (Lipinski definition) is 0. The molecule has 0 amide bonds. The van der Waals surface area contributed by atoms with Gasteiger partial charge in [0.2, 0.25) is 0 Å². The second-order valence-corrected chi connectivity index (χ2v) is 8.83. The lowest BCUT2D eigenvalue weighted by Gasteiger charge is -2.39. The summed E-state index contributed by atoms with van der Waals surface area (Å²) in [5.41, 5.74) is 1.49. The molecule has 144 valence electrons.